The lowest BCUT2D eigenvalue weighted by atomic mass is 10.2. The first-order chi connectivity index (χ1) is 10.2. The van der Waals surface area contributed by atoms with Crippen LogP contribution in [0.3, 0.4) is 0 Å². The van der Waals surface area contributed by atoms with Gasteiger partial charge in [0.2, 0.25) is 5.89 Å². The Morgan fingerprint density at radius 1 is 1.24 bits per heavy atom. The third kappa shape index (κ3) is 3.54. The SMILES string of the molecule is CN(Cc1nc(N2CCCC2)no1)Cc1ccccc1Cl. The van der Waals surface area contributed by atoms with Crippen molar-refractivity contribution in [3.8, 4) is 0 Å². The summed E-state index contributed by atoms with van der Waals surface area (Å²) >= 11 is 6.18. The molecule has 5 nitrogen and oxygen atoms in total. The Morgan fingerprint density at radius 3 is 2.76 bits per heavy atom. The topological polar surface area (TPSA) is 45.4 Å². The lowest BCUT2D eigenvalue weighted by Gasteiger charge is -2.15. The van der Waals surface area contributed by atoms with Gasteiger partial charge in [0.05, 0.1) is 6.54 Å². The van der Waals surface area contributed by atoms with Gasteiger partial charge >= 0.3 is 0 Å². The van der Waals surface area contributed by atoms with E-state index in [4.69, 9.17) is 16.1 Å². The van der Waals surface area contributed by atoms with Crippen LogP contribution in [0.4, 0.5) is 5.95 Å². The van der Waals surface area contributed by atoms with Crippen molar-refractivity contribution in [3.05, 3.63) is 40.7 Å². The van der Waals surface area contributed by atoms with Gasteiger partial charge in [0.15, 0.2) is 0 Å². The molecule has 21 heavy (non-hydrogen) atoms. The summed E-state index contributed by atoms with van der Waals surface area (Å²) in [5.74, 6) is 1.36. The molecule has 0 aliphatic carbocycles. The van der Waals surface area contributed by atoms with Crippen molar-refractivity contribution < 1.29 is 4.52 Å². The van der Waals surface area contributed by atoms with Crippen LogP contribution in [0.5, 0.6) is 0 Å². The molecule has 0 saturated carbocycles. The van der Waals surface area contributed by atoms with Crippen LogP contribution in [0, 0.1) is 0 Å². The predicted octanol–water partition coefficient (Wildman–Crippen LogP) is 2.96. The zero-order valence-corrected chi connectivity index (χ0v) is 12.9. The number of rotatable bonds is 5. The molecule has 1 aromatic heterocycles. The molecule has 3 rings (SSSR count). The maximum atomic E-state index is 6.18. The van der Waals surface area contributed by atoms with Gasteiger partial charge < -0.3 is 9.42 Å². The van der Waals surface area contributed by atoms with Crippen LogP contribution in [0.1, 0.15) is 24.3 Å². The van der Waals surface area contributed by atoms with E-state index in [0.717, 1.165) is 30.2 Å². The van der Waals surface area contributed by atoms with E-state index in [1.165, 1.54) is 12.8 Å². The number of nitrogens with zero attached hydrogens (tertiary/aromatic N) is 4. The highest BCUT2D eigenvalue weighted by molar-refractivity contribution is 6.31. The molecule has 0 bridgehead atoms. The van der Waals surface area contributed by atoms with Crippen LogP contribution in [-0.4, -0.2) is 35.2 Å². The predicted molar refractivity (Wildman–Crippen MR) is 82.4 cm³/mol. The molecule has 1 fully saturated rings. The maximum Gasteiger partial charge on any atom is 0.266 e. The van der Waals surface area contributed by atoms with Gasteiger partial charge in [-0.15, -0.1) is 0 Å². The van der Waals surface area contributed by atoms with E-state index in [-0.39, 0.29) is 0 Å². The fourth-order valence-corrected chi connectivity index (χ4v) is 2.76. The first kappa shape index (κ1) is 14.4. The largest absolute Gasteiger partial charge is 0.338 e. The highest BCUT2D eigenvalue weighted by Crippen LogP contribution is 2.19. The number of benzene rings is 1. The molecule has 1 aliphatic heterocycles. The molecule has 112 valence electrons. The molecule has 6 heteroatoms. The molecule has 0 spiro atoms. The second-order valence-electron chi connectivity index (χ2n) is 5.45. The third-order valence-electron chi connectivity index (χ3n) is 3.65. The minimum absolute atomic E-state index is 0.617. The van der Waals surface area contributed by atoms with Gasteiger partial charge in [-0.05, 0) is 36.7 Å². The lowest BCUT2D eigenvalue weighted by molar-refractivity contribution is 0.261. The Labute approximate surface area is 129 Å². The minimum Gasteiger partial charge on any atom is -0.338 e. The summed E-state index contributed by atoms with van der Waals surface area (Å²) in [5.41, 5.74) is 1.10. The van der Waals surface area contributed by atoms with E-state index >= 15 is 0 Å². The van der Waals surface area contributed by atoms with E-state index in [1.54, 1.807) is 0 Å². The van der Waals surface area contributed by atoms with E-state index in [9.17, 15) is 0 Å². The van der Waals surface area contributed by atoms with Gasteiger partial charge in [-0.2, -0.15) is 4.98 Å². The summed E-state index contributed by atoms with van der Waals surface area (Å²) in [6.45, 7) is 3.41. The van der Waals surface area contributed by atoms with Gasteiger partial charge in [0.25, 0.3) is 5.95 Å². The van der Waals surface area contributed by atoms with Gasteiger partial charge in [-0.3, -0.25) is 4.90 Å². The van der Waals surface area contributed by atoms with Crippen molar-refractivity contribution >= 4 is 17.5 Å². The van der Waals surface area contributed by atoms with E-state index in [0.29, 0.717) is 18.4 Å². The summed E-state index contributed by atoms with van der Waals surface area (Å²) in [5, 5.41) is 4.85. The molecule has 2 aromatic rings. The summed E-state index contributed by atoms with van der Waals surface area (Å²) in [4.78, 5) is 8.75. The fraction of sp³-hybridized carbons (Fsp3) is 0.467. The average Bonchev–Trinajstić information content (AvgIpc) is 3.12. The van der Waals surface area contributed by atoms with Gasteiger partial charge in [-0.1, -0.05) is 29.8 Å². The third-order valence-corrected chi connectivity index (χ3v) is 4.02. The van der Waals surface area contributed by atoms with Crippen molar-refractivity contribution in [3.63, 3.8) is 0 Å². The monoisotopic (exact) mass is 306 g/mol. The lowest BCUT2D eigenvalue weighted by Crippen LogP contribution is -2.20. The minimum atomic E-state index is 0.617. The van der Waals surface area contributed by atoms with Crippen molar-refractivity contribution in [2.45, 2.75) is 25.9 Å². The molecule has 0 N–H and O–H groups in total. The van der Waals surface area contributed by atoms with Crippen LogP contribution in [0.2, 0.25) is 5.02 Å². The Kier molecular flexibility index (Phi) is 4.41. The first-order valence-corrected chi connectivity index (χ1v) is 7.59. The zero-order chi connectivity index (χ0) is 14.7. The fourth-order valence-electron chi connectivity index (χ4n) is 2.56. The van der Waals surface area contributed by atoms with E-state index in [1.807, 2.05) is 31.3 Å². The summed E-state index contributed by atoms with van der Waals surface area (Å²) in [6, 6.07) is 7.87. The quantitative estimate of drug-likeness (QED) is 0.850. The second kappa shape index (κ2) is 6.45. The smallest absolute Gasteiger partial charge is 0.266 e. The van der Waals surface area contributed by atoms with Crippen molar-refractivity contribution in [2.24, 2.45) is 0 Å². The molecule has 0 atom stereocenters. The first-order valence-electron chi connectivity index (χ1n) is 7.22. The number of halogens is 1. The van der Waals surface area contributed by atoms with Crippen molar-refractivity contribution in [1.29, 1.82) is 0 Å². The summed E-state index contributed by atoms with van der Waals surface area (Å²) in [6.07, 6.45) is 2.41. The number of anilines is 1. The van der Waals surface area contributed by atoms with Gasteiger partial charge in [0.1, 0.15) is 0 Å². The number of hydrogen-bond donors (Lipinski definition) is 0. The highest BCUT2D eigenvalue weighted by Gasteiger charge is 2.18. The molecule has 0 unspecified atom stereocenters. The van der Waals surface area contributed by atoms with Crippen LogP contribution in [-0.2, 0) is 13.1 Å². The van der Waals surface area contributed by atoms with Crippen LogP contribution in [0.15, 0.2) is 28.8 Å². The van der Waals surface area contributed by atoms with Crippen molar-refractivity contribution in [1.82, 2.24) is 15.0 Å². The molecular weight excluding hydrogens is 288 g/mol. The molecule has 1 saturated heterocycles. The highest BCUT2D eigenvalue weighted by atomic mass is 35.5. The molecule has 1 aromatic carbocycles. The number of aromatic nitrogens is 2. The molecular formula is C15H19ClN4O. The van der Waals surface area contributed by atoms with Crippen LogP contribution < -0.4 is 4.90 Å². The Morgan fingerprint density at radius 2 is 2.00 bits per heavy atom. The Bertz CT molecular complexity index is 595. The number of hydrogen-bond acceptors (Lipinski definition) is 5. The van der Waals surface area contributed by atoms with Gasteiger partial charge in [0, 0.05) is 24.7 Å². The van der Waals surface area contributed by atoms with E-state index < -0.39 is 0 Å². The molecule has 0 amide bonds. The zero-order valence-electron chi connectivity index (χ0n) is 12.1. The Balaban J connectivity index is 1.60. The molecule has 2 heterocycles. The van der Waals surface area contributed by atoms with E-state index in [2.05, 4.69) is 19.9 Å². The second-order valence-corrected chi connectivity index (χ2v) is 5.85. The molecule has 0 radical (unpaired) electrons. The van der Waals surface area contributed by atoms with Gasteiger partial charge in [-0.25, -0.2) is 0 Å². The average molecular weight is 307 g/mol. The van der Waals surface area contributed by atoms with Crippen LogP contribution >= 0.6 is 11.6 Å². The van der Waals surface area contributed by atoms with Crippen LogP contribution in [0.25, 0.3) is 0 Å². The normalized spacial score (nSPS) is 15.1. The standard InChI is InChI=1S/C15H19ClN4O/c1-19(10-12-6-2-3-7-13(12)16)11-14-17-15(18-21-14)20-8-4-5-9-20/h2-3,6-7H,4-5,8-11H2,1H3. The summed E-state index contributed by atoms with van der Waals surface area (Å²) < 4.78 is 5.34. The van der Waals surface area contributed by atoms with Crippen molar-refractivity contribution in [2.75, 3.05) is 25.0 Å². The summed E-state index contributed by atoms with van der Waals surface area (Å²) in [7, 11) is 2.02. The maximum absolute atomic E-state index is 6.18. The Hall–Kier alpha value is -1.59. The molecule has 1 aliphatic rings.